The van der Waals surface area contributed by atoms with E-state index in [4.69, 9.17) is 0 Å². The maximum Gasteiger partial charge on any atom is 0.221 e. The van der Waals surface area contributed by atoms with E-state index in [2.05, 4.69) is 64.2 Å². The molecule has 0 bridgehead atoms. The second-order valence-electron chi connectivity index (χ2n) is 7.21. The Bertz CT molecular complexity index is 638. The Balaban J connectivity index is 0. The summed E-state index contributed by atoms with van der Waals surface area (Å²) < 4.78 is 0. The van der Waals surface area contributed by atoms with Crippen LogP contribution in [0.2, 0.25) is 0 Å². The Morgan fingerprint density at radius 1 is 1.08 bits per heavy atom. The zero-order valence-corrected chi connectivity index (χ0v) is 18.1. The number of thiophene rings is 1. The van der Waals surface area contributed by atoms with E-state index in [1.54, 1.807) is 0 Å². The molecule has 0 saturated carbocycles. The van der Waals surface area contributed by atoms with Crippen LogP contribution in [0.3, 0.4) is 0 Å². The minimum atomic E-state index is -0.0234. The molecule has 148 valence electrons. The quantitative estimate of drug-likeness (QED) is 0.574. The first-order chi connectivity index (χ1) is 11.8. The fourth-order valence-electron chi connectivity index (χ4n) is 2.47. The van der Waals surface area contributed by atoms with Gasteiger partial charge in [-0.1, -0.05) is 46.2 Å². The topological polar surface area (TPSA) is 64.1 Å². The molecule has 1 aromatic heterocycles. The number of hydrogen-bond donors (Lipinski definition) is 2. The molecule has 0 spiro atoms. The van der Waals surface area contributed by atoms with Crippen LogP contribution in [-0.4, -0.2) is 5.91 Å². The van der Waals surface area contributed by atoms with Crippen LogP contribution in [0.5, 0.6) is 0 Å². The van der Waals surface area contributed by atoms with Gasteiger partial charge < -0.3 is 11.5 Å². The standard InChI is InChI=1S/C13H19NO.C9H14S.H3N.H2/c1-4-10(2)9-12-5-7-13(8-6-12)14-11(3)15;1-7(2)6-9-5-4-8(3)10-9;;/h5-8,10H,4,9H2,1-3H3,(H,14,15);4-5,7H,6H2,1-3H3;1H3;1H. The van der Waals surface area contributed by atoms with Gasteiger partial charge in [-0.3, -0.25) is 4.79 Å². The Labute approximate surface area is 165 Å². The largest absolute Gasteiger partial charge is 0.344 e. The molecular weight excluding hydrogens is 340 g/mol. The maximum absolute atomic E-state index is 10.8. The normalized spacial score (nSPS) is 11.2. The first kappa shape index (κ1) is 24.4. The number of benzene rings is 1. The summed E-state index contributed by atoms with van der Waals surface area (Å²) in [6, 6.07) is 12.5. The predicted molar refractivity (Wildman–Crippen MR) is 119 cm³/mol. The molecule has 0 fully saturated rings. The van der Waals surface area contributed by atoms with Gasteiger partial charge in [-0.15, -0.1) is 11.3 Å². The maximum atomic E-state index is 10.8. The summed E-state index contributed by atoms with van der Waals surface area (Å²) >= 11 is 1.92. The Morgan fingerprint density at radius 2 is 1.69 bits per heavy atom. The van der Waals surface area contributed by atoms with Gasteiger partial charge in [-0.05, 0) is 61.4 Å². The molecule has 0 aliphatic rings. The Morgan fingerprint density at radius 3 is 2.12 bits per heavy atom. The van der Waals surface area contributed by atoms with Crippen molar-refractivity contribution in [2.75, 3.05) is 5.32 Å². The van der Waals surface area contributed by atoms with Gasteiger partial charge in [0.15, 0.2) is 0 Å². The molecule has 0 aliphatic heterocycles. The van der Waals surface area contributed by atoms with Crippen LogP contribution in [-0.2, 0) is 17.6 Å². The van der Waals surface area contributed by atoms with E-state index in [0.717, 1.165) is 23.9 Å². The lowest BCUT2D eigenvalue weighted by atomic mass is 9.99. The molecule has 0 aliphatic carbocycles. The lowest BCUT2D eigenvalue weighted by Gasteiger charge is -2.09. The monoisotopic (exact) mass is 378 g/mol. The van der Waals surface area contributed by atoms with Gasteiger partial charge >= 0.3 is 0 Å². The number of carbonyl (C=O) groups is 1. The smallest absolute Gasteiger partial charge is 0.221 e. The Hall–Kier alpha value is -1.65. The van der Waals surface area contributed by atoms with E-state index in [0.29, 0.717) is 0 Å². The van der Waals surface area contributed by atoms with Crippen LogP contribution < -0.4 is 11.5 Å². The van der Waals surface area contributed by atoms with Gasteiger partial charge in [-0.25, -0.2) is 0 Å². The fraction of sp³-hybridized carbons (Fsp3) is 0.500. The van der Waals surface area contributed by atoms with Crippen LogP contribution in [0.25, 0.3) is 0 Å². The highest BCUT2D eigenvalue weighted by Crippen LogP contribution is 2.18. The molecule has 3 nitrogen and oxygen atoms in total. The van der Waals surface area contributed by atoms with E-state index in [9.17, 15) is 4.79 Å². The van der Waals surface area contributed by atoms with Crippen LogP contribution >= 0.6 is 11.3 Å². The molecule has 1 aromatic carbocycles. The van der Waals surface area contributed by atoms with Crippen LogP contribution in [0.1, 0.15) is 57.8 Å². The van der Waals surface area contributed by atoms with Crippen molar-refractivity contribution in [3.8, 4) is 0 Å². The summed E-state index contributed by atoms with van der Waals surface area (Å²) in [5.74, 6) is 1.49. The minimum Gasteiger partial charge on any atom is -0.344 e. The summed E-state index contributed by atoms with van der Waals surface area (Å²) in [6.45, 7) is 12.7. The molecule has 2 aromatic rings. The van der Waals surface area contributed by atoms with Crippen molar-refractivity contribution >= 4 is 22.9 Å². The van der Waals surface area contributed by atoms with Crippen molar-refractivity contribution in [3.63, 3.8) is 0 Å². The average molecular weight is 379 g/mol. The van der Waals surface area contributed by atoms with Gasteiger partial charge in [0.05, 0.1) is 0 Å². The molecule has 1 atom stereocenters. The number of aryl methyl sites for hydroxylation is 1. The van der Waals surface area contributed by atoms with E-state index in [-0.39, 0.29) is 13.5 Å². The zero-order valence-electron chi connectivity index (χ0n) is 17.3. The number of anilines is 1. The summed E-state index contributed by atoms with van der Waals surface area (Å²) in [5, 5.41) is 2.76. The first-order valence-electron chi connectivity index (χ1n) is 9.22. The second kappa shape index (κ2) is 12.7. The SMILES string of the molecule is CCC(C)Cc1ccc(NC(C)=O)cc1.Cc1ccc(CC(C)C)s1.N.[HH]. The second-order valence-corrected chi connectivity index (χ2v) is 8.58. The van der Waals surface area contributed by atoms with Crippen molar-refractivity contribution in [1.29, 1.82) is 0 Å². The van der Waals surface area contributed by atoms with Gasteiger partial charge in [0.25, 0.3) is 0 Å². The van der Waals surface area contributed by atoms with Crippen LogP contribution in [0, 0.1) is 18.8 Å². The van der Waals surface area contributed by atoms with Crippen molar-refractivity contribution in [3.05, 3.63) is 51.7 Å². The number of rotatable bonds is 6. The molecule has 2 rings (SSSR count). The molecule has 0 radical (unpaired) electrons. The highest BCUT2D eigenvalue weighted by Gasteiger charge is 2.01. The number of nitrogens with one attached hydrogen (secondary N) is 1. The van der Waals surface area contributed by atoms with Crippen molar-refractivity contribution in [2.45, 2.75) is 60.8 Å². The summed E-state index contributed by atoms with van der Waals surface area (Å²) in [5.41, 5.74) is 2.20. The van der Waals surface area contributed by atoms with Crippen molar-refractivity contribution in [1.82, 2.24) is 6.15 Å². The molecule has 4 heteroatoms. The third-order valence-corrected chi connectivity index (χ3v) is 4.98. The predicted octanol–water partition coefficient (Wildman–Crippen LogP) is 6.90. The molecule has 1 unspecified atom stereocenters. The molecule has 26 heavy (non-hydrogen) atoms. The van der Waals surface area contributed by atoms with E-state index < -0.39 is 0 Å². The third-order valence-electron chi connectivity index (χ3n) is 3.96. The molecule has 1 heterocycles. The van der Waals surface area contributed by atoms with Crippen molar-refractivity contribution < 1.29 is 6.22 Å². The lowest BCUT2D eigenvalue weighted by molar-refractivity contribution is -0.114. The number of hydrogen-bond acceptors (Lipinski definition) is 3. The van der Waals surface area contributed by atoms with Crippen LogP contribution in [0.4, 0.5) is 5.69 Å². The molecule has 1 amide bonds. The van der Waals surface area contributed by atoms with Gasteiger partial charge in [0.1, 0.15) is 0 Å². The van der Waals surface area contributed by atoms with E-state index in [1.807, 2.05) is 23.5 Å². The van der Waals surface area contributed by atoms with Gasteiger partial charge in [0.2, 0.25) is 5.91 Å². The fourth-order valence-corrected chi connectivity index (χ4v) is 3.57. The summed E-state index contributed by atoms with van der Waals surface area (Å²) in [4.78, 5) is 13.8. The van der Waals surface area contributed by atoms with E-state index in [1.165, 1.54) is 35.1 Å². The minimum absolute atomic E-state index is 0. The van der Waals surface area contributed by atoms with Gasteiger partial charge in [0, 0.05) is 23.8 Å². The van der Waals surface area contributed by atoms with Gasteiger partial charge in [-0.2, -0.15) is 0 Å². The lowest BCUT2D eigenvalue weighted by Crippen LogP contribution is -2.05. The molecule has 0 saturated heterocycles. The highest BCUT2D eigenvalue weighted by atomic mass is 32.1. The first-order valence-corrected chi connectivity index (χ1v) is 10.0. The summed E-state index contributed by atoms with van der Waals surface area (Å²) in [6.07, 6.45) is 3.54. The average Bonchev–Trinajstić information content (AvgIpc) is 2.93. The van der Waals surface area contributed by atoms with E-state index >= 15 is 0 Å². The summed E-state index contributed by atoms with van der Waals surface area (Å²) in [7, 11) is 0. The third kappa shape index (κ3) is 10.4. The molecule has 4 N–H and O–H groups in total. The highest BCUT2D eigenvalue weighted by molar-refractivity contribution is 7.11. The van der Waals surface area contributed by atoms with Crippen molar-refractivity contribution in [2.24, 2.45) is 11.8 Å². The number of amides is 1. The van der Waals surface area contributed by atoms with Crippen LogP contribution in [0.15, 0.2) is 36.4 Å². The number of carbonyl (C=O) groups excluding carboxylic acids is 1. The molecular formula is C22H38N2OS. The zero-order chi connectivity index (χ0) is 18.8. The Kier molecular flexibility index (Phi) is 11.9.